The number of carboxylic acids is 1. The Morgan fingerprint density at radius 1 is 0.708 bits per heavy atom. The predicted octanol–water partition coefficient (Wildman–Crippen LogP) is 10.2. The third-order valence-electron chi connectivity index (χ3n) is 9.96. The van der Waals surface area contributed by atoms with Crippen LogP contribution in [0.3, 0.4) is 0 Å². The molecule has 4 atom stereocenters. The van der Waals surface area contributed by atoms with E-state index in [1.807, 2.05) is 13.8 Å². The Labute approximate surface area is 438 Å². The van der Waals surface area contributed by atoms with Crippen molar-refractivity contribution in [1.29, 1.82) is 0 Å². The van der Waals surface area contributed by atoms with Gasteiger partial charge in [-0.25, -0.2) is 28.0 Å². The molecular formula is C51H80ClF2N3O13S2. The van der Waals surface area contributed by atoms with Crippen LogP contribution in [0.15, 0.2) is 48.5 Å². The second kappa shape index (κ2) is 36.2. The molecule has 0 radical (unpaired) electrons. The van der Waals surface area contributed by atoms with Gasteiger partial charge in [0.15, 0.2) is 11.2 Å². The summed E-state index contributed by atoms with van der Waals surface area (Å²) in [4.78, 5) is 60.2. The normalized spacial score (nSPS) is 18.1. The van der Waals surface area contributed by atoms with Gasteiger partial charge in [0.2, 0.25) is 0 Å². The number of nitrogens with two attached hydrogens (primary N) is 1. The highest BCUT2D eigenvalue weighted by molar-refractivity contribution is 8.01. The van der Waals surface area contributed by atoms with Gasteiger partial charge in [-0.3, -0.25) is 14.6 Å². The molecule has 2 aromatic rings. The smallest absolute Gasteiger partial charge is 0.411 e. The summed E-state index contributed by atoms with van der Waals surface area (Å²) in [5, 5.41) is 25.4. The zero-order valence-electron chi connectivity index (χ0n) is 43.3. The van der Waals surface area contributed by atoms with E-state index in [2.05, 4.69) is 4.74 Å². The summed E-state index contributed by atoms with van der Waals surface area (Å²) in [7, 11) is 0. The average molecular weight is 1080 g/mol. The number of Topliss-reactive ketones (excluding diaryl/α,β-unsaturated/α-hetero) is 1. The first-order chi connectivity index (χ1) is 33.9. The van der Waals surface area contributed by atoms with Crippen LogP contribution >= 0.6 is 35.1 Å². The maximum atomic E-state index is 13.1. The number of carboxylic acid groups (broad SMARTS) is 1. The molecule has 410 valence electrons. The SMILES string of the molecule is C1CCOC1.C1CCOCC1.CC(C)(C)OC(=O)N1CCS[C@H]1C(=O)C[C@@H](CCO)c1ccc(F)cc1.CC(C)(C)OC(=O)N1CCS[C@H]1C(=O)O.CC(C)COC(=O)Cl.N[C@@H](CCO)c1ccc(F)cc1. The maximum Gasteiger partial charge on any atom is 0.411 e. The third-order valence-corrected chi connectivity index (χ3v) is 12.5. The van der Waals surface area contributed by atoms with Gasteiger partial charge in [0, 0.05) is 88.3 Å². The fourth-order valence-corrected chi connectivity index (χ4v) is 8.77. The van der Waals surface area contributed by atoms with E-state index >= 15 is 0 Å². The molecule has 5 N–H and O–H groups in total. The van der Waals surface area contributed by atoms with Gasteiger partial charge in [0.25, 0.3) is 0 Å². The molecule has 0 bridgehead atoms. The van der Waals surface area contributed by atoms with Gasteiger partial charge >= 0.3 is 23.6 Å². The lowest BCUT2D eigenvalue weighted by atomic mass is 9.91. The topological polar surface area (TPSA) is 225 Å². The minimum Gasteiger partial charge on any atom is -0.479 e. The summed E-state index contributed by atoms with van der Waals surface area (Å²) in [5.41, 5.74) is 5.40. The largest absolute Gasteiger partial charge is 0.479 e. The molecule has 72 heavy (non-hydrogen) atoms. The number of halogens is 3. The summed E-state index contributed by atoms with van der Waals surface area (Å²) in [5.74, 6) is -0.232. The highest BCUT2D eigenvalue weighted by atomic mass is 35.5. The molecule has 16 nitrogen and oxygen atoms in total. The lowest BCUT2D eigenvalue weighted by Gasteiger charge is -2.28. The number of hydrogen-bond donors (Lipinski definition) is 4. The van der Waals surface area contributed by atoms with Gasteiger partial charge < -0.3 is 44.7 Å². The number of rotatable bonds is 12. The van der Waals surface area contributed by atoms with Crippen molar-refractivity contribution in [2.24, 2.45) is 11.7 Å². The van der Waals surface area contributed by atoms with Crippen molar-refractivity contribution in [3.63, 3.8) is 0 Å². The fourth-order valence-electron chi connectivity index (χ4n) is 6.49. The predicted molar refractivity (Wildman–Crippen MR) is 278 cm³/mol. The van der Waals surface area contributed by atoms with Crippen LogP contribution in [0.2, 0.25) is 0 Å². The molecule has 0 aliphatic carbocycles. The van der Waals surface area contributed by atoms with Crippen molar-refractivity contribution >= 4 is 64.5 Å². The van der Waals surface area contributed by atoms with E-state index < -0.39 is 45.5 Å². The summed E-state index contributed by atoms with van der Waals surface area (Å²) in [6.45, 7) is 19.8. The summed E-state index contributed by atoms with van der Waals surface area (Å²) >= 11 is 7.52. The molecule has 6 rings (SSSR count). The summed E-state index contributed by atoms with van der Waals surface area (Å²) in [6.07, 6.45) is 6.54. The Morgan fingerprint density at radius 3 is 1.47 bits per heavy atom. The summed E-state index contributed by atoms with van der Waals surface area (Å²) in [6, 6.07) is 11.8. The Kier molecular flexibility index (Phi) is 33.3. The number of carbonyl (C=O) groups excluding carboxylic acids is 4. The van der Waals surface area contributed by atoms with Crippen molar-refractivity contribution in [1.82, 2.24) is 9.80 Å². The number of carbonyl (C=O) groups is 5. The molecule has 2 amide bonds. The minimum atomic E-state index is -0.997. The quantitative estimate of drug-likeness (QED) is 0.115. The van der Waals surface area contributed by atoms with E-state index in [9.17, 15) is 37.9 Å². The number of aliphatic carboxylic acids is 1. The van der Waals surface area contributed by atoms with Crippen LogP contribution in [0, 0.1) is 17.6 Å². The highest BCUT2D eigenvalue weighted by Crippen LogP contribution is 2.32. The van der Waals surface area contributed by atoms with Gasteiger partial charge in [0.05, 0.1) is 6.61 Å². The van der Waals surface area contributed by atoms with Crippen LogP contribution in [0.5, 0.6) is 0 Å². The number of aliphatic hydroxyl groups excluding tert-OH is 2. The van der Waals surface area contributed by atoms with Crippen LogP contribution in [-0.2, 0) is 33.3 Å². The number of thioether (sulfide) groups is 2. The number of nitrogens with zero attached hydrogens (tertiary/aromatic N) is 2. The molecule has 4 heterocycles. The molecular weight excluding hydrogens is 1000 g/mol. The molecule has 21 heteroatoms. The van der Waals surface area contributed by atoms with Crippen LogP contribution in [0.25, 0.3) is 0 Å². The third kappa shape index (κ3) is 30.4. The Morgan fingerprint density at radius 2 is 1.12 bits per heavy atom. The van der Waals surface area contributed by atoms with Gasteiger partial charge in [0.1, 0.15) is 28.2 Å². The molecule has 4 fully saturated rings. The minimum absolute atomic E-state index is 0.0541. The van der Waals surface area contributed by atoms with Crippen LogP contribution in [0.4, 0.5) is 23.2 Å². The maximum absolute atomic E-state index is 13.1. The number of ketones is 1. The summed E-state index contributed by atoms with van der Waals surface area (Å²) < 4.78 is 50.5. The highest BCUT2D eigenvalue weighted by Gasteiger charge is 2.39. The number of amides is 2. The lowest BCUT2D eigenvalue weighted by Crippen LogP contribution is -2.42. The fraction of sp³-hybridized carbons (Fsp3) is 0.667. The van der Waals surface area contributed by atoms with Crippen molar-refractivity contribution < 1.29 is 71.8 Å². The van der Waals surface area contributed by atoms with Crippen molar-refractivity contribution in [3.8, 4) is 0 Å². The zero-order valence-corrected chi connectivity index (χ0v) is 45.7. The molecule has 0 saturated carbocycles. The first-order valence-electron chi connectivity index (χ1n) is 24.3. The van der Waals surface area contributed by atoms with E-state index in [1.165, 1.54) is 89.7 Å². The second-order valence-corrected chi connectivity index (χ2v) is 21.9. The number of aliphatic hydroxyl groups is 2. The zero-order chi connectivity index (χ0) is 54.3. The van der Waals surface area contributed by atoms with Crippen molar-refractivity contribution in [2.75, 3.05) is 70.8 Å². The molecule has 0 unspecified atom stereocenters. The molecule has 2 aromatic carbocycles. The van der Waals surface area contributed by atoms with Gasteiger partial charge in [-0.2, -0.15) is 0 Å². The molecule has 4 aliphatic rings. The van der Waals surface area contributed by atoms with E-state index in [1.54, 1.807) is 65.8 Å². The Hall–Kier alpha value is -3.76. The Bertz CT molecular complexity index is 1830. The van der Waals surface area contributed by atoms with E-state index in [-0.39, 0.29) is 49.0 Å². The first-order valence-corrected chi connectivity index (χ1v) is 26.8. The average Bonchev–Trinajstić information content (AvgIpc) is 4.15. The monoisotopic (exact) mass is 1080 g/mol. The van der Waals surface area contributed by atoms with Crippen LogP contribution < -0.4 is 5.73 Å². The van der Waals surface area contributed by atoms with Gasteiger partial charge in [-0.1, -0.05) is 38.1 Å². The van der Waals surface area contributed by atoms with Crippen molar-refractivity contribution in [2.45, 2.75) is 141 Å². The Balaban J connectivity index is 0.000000477. The molecule has 0 spiro atoms. The lowest BCUT2D eigenvalue weighted by molar-refractivity contribution is -0.139. The van der Waals surface area contributed by atoms with E-state index in [4.69, 9.17) is 46.5 Å². The first kappa shape index (κ1) is 66.3. The van der Waals surface area contributed by atoms with Crippen LogP contribution in [-0.4, -0.2) is 147 Å². The van der Waals surface area contributed by atoms with Crippen molar-refractivity contribution in [3.05, 3.63) is 71.3 Å². The molecule has 4 aliphatic heterocycles. The molecule has 0 aromatic heterocycles. The number of benzene rings is 2. The number of ether oxygens (including phenoxy) is 5. The van der Waals surface area contributed by atoms with Crippen LogP contribution in [0.1, 0.15) is 130 Å². The van der Waals surface area contributed by atoms with E-state index in [0.29, 0.717) is 50.0 Å². The van der Waals surface area contributed by atoms with Gasteiger partial charge in [-0.05, 0) is 134 Å². The number of hydrogen-bond acceptors (Lipinski definition) is 15. The van der Waals surface area contributed by atoms with E-state index in [0.717, 1.165) is 37.6 Å². The van der Waals surface area contributed by atoms with Gasteiger partial charge in [-0.15, -0.1) is 23.5 Å². The molecule has 4 saturated heterocycles. The second-order valence-electron chi connectivity index (χ2n) is 19.2. The standard InChI is InChI=1S/C19H26FNO4S.C9H12FNO.C9H15NO4S.C5H9ClO2.C5H10O.C4H8O/c1-19(2,3)25-18(24)21-9-11-26-17(21)16(23)12-14(8-10-22)13-4-6-15(20)7-5-13;10-8-3-1-7(2-4-8)9(11)5-6-12;1-9(2,3)14-8(13)10-4-5-15-6(10)7(11)12;1-4(2)3-8-5(6)7;1-2-4-6-5-3-1;1-2-4-5-3-1/h4-7,14,17,22H,8-12H2,1-3H3;1-4,9,12H,5-6,11H2;6H,4-5H2,1-3H3,(H,11,12);4H,3H2,1-2H3;1-5H2;1-4H2/t14-,17+;9-;6-;;;/m100.../s1.